The number of carbonyl (C=O) groups is 4. The van der Waals surface area contributed by atoms with Crippen molar-refractivity contribution in [2.75, 3.05) is 66.1 Å². The van der Waals surface area contributed by atoms with Gasteiger partial charge in [0, 0.05) is 50.7 Å². The zero-order valence-corrected chi connectivity index (χ0v) is 22.6. The van der Waals surface area contributed by atoms with Gasteiger partial charge in [-0.25, -0.2) is 14.4 Å². The second-order valence-electron chi connectivity index (χ2n) is 8.53. The number of hydrogen-bond donors (Lipinski definition) is 0. The summed E-state index contributed by atoms with van der Waals surface area (Å²) in [6.07, 6.45) is 3.92. The van der Waals surface area contributed by atoms with Crippen molar-refractivity contribution >= 4 is 23.7 Å². The van der Waals surface area contributed by atoms with Gasteiger partial charge < -0.3 is 33.2 Å². The predicted octanol–water partition coefficient (Wildman–Crippen LogP) is 4.28. The zero-order valence-electron chi connectivity index (χ0n) is 22.6. The molecule has 1 atom stereocenters. The van der Waals surface area contributed by atoms with E-state index in [9.17, 15) is 19.2 Å². The molecule has 0 fully saturated rings. The first-order chi connectivity index (χ1) is 18.2. The Labute approximate surface area is 247 Å². The smallest absolute Gasteiger partial charge is 0.330 e. The first-order valence-electron chi connectivity index (χ1n) is 12.4. The molecule has 1 unspecified atom stereocenters. The van der Waals surface area contributed by atoms with Crippen LogP contribution in [-0.4, -0.2) is 95.9 Å². The molecule has 0 amide bonds. The van der Waals surface area contributed by atoms with Crippen LogP contribution < -0.4 is 0 Å². The Balaban J connectivity index is -0.00000228. The SMILES string of the molecule is C.C.C.C=CC(=O)OCCCOCC(COCCCOC(=O)C=C)(COCCC(C)=O)COCC(C)OC(=O)C=C. The van der Waals surface area contributed by atoms with Crippen LogP contribution in [0.5, 0.6) is 0 Å². The maximum atomic E-state index is 11.4. The van der Waals surface area contributed by atoms with E-state index in [0.29, 0.717) is 26.1 Å². The quantitative estimate of drug-likeness (QED) is 0.0653. The summed E-state index contributed by atoms with van der Waals surface area (Å²) in [6.45, 7) is 15.2. The summed E-state index contributed by atoms with van der Waals surface area (Å²) < 4.78 is 38.4. The van der Waals surface area contributed by atoms with E-state index in [1.807, 2.05) is 0 Å². The number of rotatable bonds is 25. The molecule has 240 valence electrons. The Hall–Kier alpha value is -2.86. The summed E-state index contributed by atoms with van der Waals surface area (Å²) in [7, 11) is 0. The number of esters is 3. The number of ether oxygens (including phenoxy) is 7. The molecule has 0 heterocycles. The molecule has 11 heteroatoms. The summed E-state index contributed by atoms with van der Waals surface area (Å²) in [5.41, 5.74) is -0.769. The summed E-state index contributed by atoms with van der Waals surface area (Å²) in [6, 6.07) is 0. The van der Waals surface area contributed by atoms with Gasteiger partial charge in [-0.1, -0.05) is 42.0 Å². The Morgan fingerprint density at radius 3 is 1.49 bits per heavy atom. The van der Waals surface area contributed by atoms with E-state index >= 15 is 0 Å². The van der Waals surface area contributed by atoms with Gasteiger partial charge in [-0.15, -0.1) is 0 Å². The highest BCUT2D eigenvalue weighted by atomic mass is 16.6. The molecule has 0 bridgehead atoms. The van der Waals surface area contributed by atoms with Crippen molar-refractivity contribution in [2.45, 2.75) is 61.5 Å². The van der Waals surface area contributed by atoms with Crippen LogP contribution in [0.25, 0.3) is 0 Å². The third kappa shape index (κ3) is 25.8. The second kappa shape index (κ2) is 28.7. The van der Waals surface area contributed by atoms with Gasteiger partial charge >= 0.3 is 17.9 Å². The van der Waals surface area contributed by atoms with Crippen LogP contribution >= 0.6 is 0 Å². The highest BCUT2D eigenvalue weighted by Crippen LogP contribution is 2.22. The number of carbonyl (C=O) groups excluding carboxylic acids is 4. The Morgan fingerprint density at radius 1 is 0.659 bits per heavy atom. The predicted molar refractivity (Wildman–Crippen MR) is 158 cm³/mol. The molecule has 0 saturated heterocycles. The molecule has 0 aliphatic rings. The van der Waals surface area contributed by atoms with Crippen LogP contribution in [-0.2, 0) is 52.3 Å². The molecule has 0 aliphatic heterocycles. The Bertz CT molecular complexity index is 717. The highest BCUT2D eigenvalue weighted by molar-refractivity contribution is 5.81. The minimum Gasteiger partial charge on any atom is -0.462 e. The lowest BCUT2D eigenvalue weighted by molar-refractivity contribution is -0.149. The van der Waals surface area contributed by atoms with Crippen molar-refractivity contribution in [1.29, 1.82) is 0 Å². The molecule has 0 spiro atoms. The van der Waals surface area contributed by atoms with Gasteiger partial charge in [0.25, 0.3) is 0 Å². The van der Waals surface area contributed by atoms with E-state index in [2.05, 4.69) is 19.7 Å². The van der Waals surface area contributed by atoms with Crippen molar-refractivity contribution in [3.63, 3.8) is 0 Å². The largest absolute Gasteiger partial charge is 0.462 e. The third-order valence-corrected chi connectivity index (χ3v) is 4.76. The van der Waals surface area contributed by atoms with Crippen LogP contribution in [0.3, 0.4) is 0 Å². The lowest BCUT2D eigenvalue weighted by Gasteiger charge is -2.33. The molecule has 0 aromatic heterocycles. The normalized spacial score (nSPS) is 10.9. The van der Waals surface area contributed by atoms with Gasteiger partial charge in [0.05, 0.1) is 58.3 Å². The van der Waals surface area contributed by atoms with E-state index in [-0.39, 0.29) is 87.3 Å². The fourth-order valence-electron chi connectivity index (χ4n) is 2.84. The first-order valence-corrected chi connectivity index (χ1v) is 12.4. The number of Topliss-reactive ketones (excluding diaryl/α,β-unsaturated/α-hetero) is 1. The van der Waals surface area contributed by atoms with Crippen LogP contribution in [0.1, 0.15) is 55.4 Å². The summed E-state index contributed by atoms with van der Waals surface area (Å²) in [5.74, 6) is -1.57. The second-order valence-corrected chi connectivity index (χ2v) is 8.53. The van der Waals surface area contributed by atoms with Gasteiger partial charge in [0.1, 0.15) is 11.9 Å². The Morgan fingerprint density at radius 2 is 1.07 bits per heavy atom. The summed E-state index contributed by atoms with van der Waals surface area (Å²) >= 11 is 0. The fraction of sp³-hybridized carbons (Fsp3) is 0.667. The molecule has 0 aromatic carbocycles. The highest BCUT2D eigenvalue weighted by Gasteiger charge is 2.33. The van der Waals surface area contributed by atoms with Crippen molar-refractivity contribution < 1.29 is 52.3 Å². The van der Waals surface area contributed by atoms with Crippen LogP contribution in [0, 0.1) is 5.41 Å². The average molecular weight is 591 g/mol. The van der Waals surface area contributed by atoms with Crippen molar-refractivity contribution in [2.24, 2.45) is 5.41 Å². The van der Waals surface area contributed by atoms with E-state index in [1.54, 1.807) is 6.92 Å². The molecule has 0 N–H and O–H groups in total. The van der Waals surface area contributed by atoms with Gasteiger partial charge in [-0.3, -0.25) is 4.79 Å². The summed E-state index contributed by atoms with van der Waals surface area (Å²) in [4.78, 5) is 45.1. The minimum atomic E-state index is -0.769. The number of ketones is 1. The van der Waals surface area contributed by atoms with Crippen molar-refractivity contribution in [3.05, 3.63) is 38.0 Å². The van der Waals surface area contributed by atoms with E-state index < -0.39 is 29.4 Å². The van der Waals surface area contributed by atoms with E-state index in [1.165, 1.54) is 6.92 Å². The minimum absolute atomic E-state index is 0. The van der Waals surface area contributed by atoms with Crippen molar-refractivity contribution in [3.8, 4) is 0 Å². The maximum absolute atomic E-state index is 11.4. The van der Waals surface area contributed by atoms with Crippen LogP contribution in [0.2, 0.25) is 0 Å². The average Bonchev–Trinajstić information content (AvgIpc) is 2.89. The molecular weight excluding hydrogens is 536 g/mol. The fourth-order valence-corrected chi connectivity index (χ4v) is 2.84. The lowest BCUT2D eigenvalue weighted by Crippen LogP contribution is -2.43. The zero-order chi connectivity index (χ0) is 28.7. The van der Waals surface area contributed by atoms with Crippen LogP contribution in [0.15, 0.2) is 38.0 Å². The van der Waals surface area contributed by atoms with E-state index in [4.69, 9.17) is 33.2 Å². The monoisotopic (exact) mass is 590 g/mol. The van der Waals surface area contributed by atoms with Gasteiger partial charge in [-0.05, 0) is 13.8 Å². The Kier molecular flexibility index (Phi) is 31.6. The maximum Gasteiger partial charge on any atom is 0.330 e. The molecule has 0 radical (unpaired) electrons. The molecule has 11 nitrogen and oxygen atoms in total. The molecule has 0 saturated carbocycles. The van der Waals surface area contributed by atoms with E-state index in [0.717, 1.165) is 18.2 Å². The van der Waals surface area contributed by atoms with Gasteiger partial charge in [-0.2, -0.15) is 0 Å². The molecule has 41 heavy (non-hydrogen) atoms. The third-order valence-electron chi connectivity index (χ3n) is 4.76. The van der Waals surface area contributed by atoms with Crippen molar-refractivity contribution in [1.82, 2.24) is 0 Å². The lowest BCUT2D eigenvalue weighted by atomic mass is 9.92. The standard InChI is InChI=1S/C27H42O11.3CH4/c1-6-24(29)36-14-9-12-32-18-27(20-34-16-11-22(4)28,19-33-13-10-15-37-25(30)7-2)21-35-17-23(5)38-26(31)8-3;;;/h6-8,23H,1-3,9-21H2,4-5H3;3*1H4. The van der Waals surface area contributed by atoms with Gasteiger partial charge in [0.15, 0.2) is 0 Å². The molecule has 0 aliphatic carbocycles. The molecule has 0 aromatic rings. The number of hydrogen-bond acceptors (Lipinski definition) is 11. The van der Waals surface area contributed by atoms with Gasteiger partial charge in [0.2, 0.25) is 0 Å². The summed E-state index contributed by atoms with van der Waals surface area (Å²) in [5, 5.41) is 0. The topological polar surface area (TPSA) is 133 Å². The van der Waals surface area contributed by atoms with Crippen LogP contribution in [0.4, 0.5) is 0 Å². The first kappa shape index (κ1) is 45.1. The molecular formula is C30H54O11. The molecule has 0 rings (SSSR count).